The Balaban J connectivity index is 2.29. The summed E-state index contributed by atoms with van der Waals surface area (Å²) in [7, 11) is 0. The molecule has 1 aromatic carbocycles. The molecular formula is C12H14N2O2S. The molecule has 0 radical (unpaired) electrons. The molecule has 2 aromatic rings. The van der Waals surface area contributed by atoms with Gasteiger partial charge in [-0.1, -0.05) is 22.5 Å². The van der Waals surface area contributed by atoms with Crippen LogP contribution in [0.2, 0.25) is 0 Å². The molecule has 0 unspecified atom stereocenters. The van der Waals surface area contributed by atoms with Crippen molar-refractivity contribution in [2.24, 2.45) is 0 Å². The van der Waals surface area contributed by atoms with E-state index in [1.807, 2.05) is 19.9 Å². The van der Waals surface area contributed by atoms with E-state index in [0.717, 1.165) is 16.9 Å². The zero-order valence-electron chi connectivity index (χ0n) is 10.0. The highest BCUT2D eigenvalue weighted by atomic mass is 32.1. The van der Waals surface area contributed by atoms with E-state index in [0.29, 0.717) is 10.2 Å². The van der Waals surface area contributed by atoms with Crippen LogP contribution in [0.4, 0.5) is 0 Å². The van der Waals surface area contributed by atoms with Gasteiger partial charge in [-0.25, -0.2) is 0 Å². The van der Waals surface area contributed by atoms with Gasteiger partial charge in [0.15, 0.2) is 0 Å². The predicted molar refractivity (Wildman–Crippen MR) is 66.6 cm³/mol. The van der Waals surface area contributed by atoms with E-state index >= 15 is 0 Å². The molecule has 0 amide bonds. The molecule has 0 saturated heterocycles. The van der Waals surface area contributed by atoms with Gasteiger partial charge < -0.3 is 9.84 Å². The summed E-state index contributed by atoms with van der Waals surface area (Å²) >= 11 is 1.25. The Morgan fingerprint density at radius 3 is 2.65 bits per heavy atom. The third-order valence-corrected chi connectivity index (χ3v) is 3.33. The Hall–Kier alpha value is -1.46. The molecule has 0 aliphatic rings. The molecule has 90 valence electrons. The first-order valence-electron chi connectivity index (χ1n) is 5.29. The molecule has 0 atom stereocenters. The van der Waals surface area contributed by atoms with Crippen molar-refractivity contribution in [3.05, 3.63) is 33.8 Å². The largest absolute Gasteiger partial charge is 0.430 e. The van der Waals surface area contributed by atoms with Gasteiger partial charge in [-0.2, -0.15) is 0 Å². The van der Waals surface area contributed by atoms with E-state index in [1.165, 1.54) is 16.9 Å². The summed E-state index contributed by atoms with van der Waals surface area (Å²) < 4.78 is 5.69. The molecule has 5 heteroatoms. The Bertz CT molecular complexity index is 537. The number of nitrogens with zero attached hydrogens (tertiary/aromatic N) is 2. The zero-order chi connectivity index (χ0) is 12.4. The van der Waals surface area contributed by atoms with Gasteiger partial charge >= 0.3 is 0 Å². The van der Waals surface area contributed by atoms with Gasteiger partial charge in [-0.3, -0.25) is 0 Å². The number of benzene rings is 1. The smallest absolute Gasteiger partial charge is 0.299 e. The summed E-state index contributed by atoms with van der Waals surface area (Å²) in [6.45, 7) is 5.98. The highest BCUT2D eigenvalue weighted by Crippen LogP contribution is 2.30. The highest BCUT2D eigenvalue weighted by Gasteiger charge is 2.09. The first-order chi connectivity index (χ1) is 8.10. The van der Waals surface area contributed by atoms with E-state index in [-0.39, 0.29) is 6.61 Å². The zero-order valence-corrected chi connectivity index (χ0v) is 10.8. The Kier molecular flexibility index (Phi) is 3.40. The van der Waals surface area contributed by atoms with E-state index < -0.39 is 0 Å². The Morgan fingerprint density at radius 2 is 2.00 bits per heavy atom. The number of hydrogen-bond acceptors (Lipinski definition) is 5. The first kappa shape index (κ1) is 12.0. The molecule has 0 fully saturated rings. The number of aliphatic hydroxyl groups excluding tert-OH is 1. The maximum Gasteiger partial charge on any atom is 0.299 e. The van der Waals surface area contributed by atoms with Crippen LogP contribution in [0.1, 0.15) is 21.7 Å². The quantitative estimate of drug-likeness (QED) is 0.910. The fourth-order valence-corrected chi connectivity index (χ4v) is 2.11. The molecule has 0 bridgehead atoms. The number of aromatic nitrogens is 2. The minimum absolute atomic E-state index is 0.104. The average Bonchev–Trinajstić information content (AvgIpc) is 2.73. The van der Waals surface area contributed by atoms with Crippen molar-refractivity contribution in [2.75, 3.05) is 0 Å². The maximum absolute atomic E-state index is 8.91. The highest BCUT2D eigenvalue weighted by molar-refractivity contribution is 7.13. The topological polar surface area (TPSA) is 55.2 Å². The van der Waals surface area contributed by atoms with Crippen LogP contribution in [0.15, 0.2) is 12.1 Å². The van der Waals surface area contributed by atoms with Crippen LogP contribution in [-0.4, -0.2) is 15.3 Å². The molecular weight excluding hydrogens is 236 g/mol. The first-order valence-corrected chi connectivity index (χ1v) is 6.10. The van der Waals surface area contributed by atoms with Crippen LogP contribution in [0.25, 0.3) is 0 Å². The monoisotopic (exact) mass is 250 g/mol. The lowest BCUT2D eigenvalue weighted by molar-refractivity contribution is 0.280. The summed E-state index contributed by atoms with van der Waals surface area (Å²) in [5.41, 5.74) is 3.43. The molecule has 1 heterocycles. The van der Waals surface area contributed by atoms with Crippen LogP contribution in [0.3, 0.4) is 0 Å². The number of rotatable bonds is 3. The standard InChI is InChI=1S/C12H14N2O2S/c1-7-4-8(2)9(3)10(5-7)16-12-14-13-11(6-15)17-12/h4-5,15H,6H2,1-3H3. The van der Waals surface area contributed by atoms with Crippen molar-refractivity contribution in [1.29, 1.82) is 0 Å². The van der Waals surface area contributed by atoms with Crippen LogP contribution < -0.4 is 4.74 Å². The minimum Gasteiger partial charge on any atom is -0.430 e. The van der Waals surface area contributed by atoms with E-state index in [2.05, 4.69) is 23.2 Å². The van der Waals surface area contributed by atoms with E-state index in [4.69, 9.17) is 9.84 Å². The third kappa shape index (κ3) is 2.62. The van der Waals surface area contributed by atoms with Crippen molar-refractivity contribution in [1.82, 2.24) is 10.2 Å². The summed E-state index contributed by atoms with van der Waals surface area (Å²) in [6.07, 6.45) is 0. The molecule has 4 nitrogen and oxygen atoms in total. The second kappa shape index (κ2) is 4.81. The second-order valence-corrected chi connectivity index (χ2v) is 4.95. The van der Waals surface area contributed by atoms with Gasteiger partial charge in [-0.05, 0) is 43.5 Å². The molecule has 17 heavy (non-hydrogen) atoms. The summed E-state index contributed by atoms with van der Waals surface area (Å²) in [5, 5.41) is 17.6. The van der Waals surface area contributed by atoms with Gasteiger partial charge in [0.05, 0.1) is 6.61 Å². The van der Waals surface area contributed by atoms with E-state index in [9.17, 15) is 0 Å². The second-order valence-electron chi connectivity index (χ2n) is 3.93. The molecule has 1 N–H and O–H groups in total. The fourth-order valence-electron chi connectivity index (χ4n) is 1.54. The Morgan fingerprint density at radius 1 is 1.24 bits per heavy atom. The predicted octanol–water partition coefficient (Wildman–Crippen LogP) is 2.75. The van der Waals surface area contributed by atoms with Crippen LogP contribution in [-0.2, 0) is 6.61 Å². The molecule has 0 aliphatic carbocycles. The summed E-state index contributed by atoms with van der Waals surface area (Å²) in [5.74, 6) is 0.795. The van der Waals surface area contributed by atoms with Gasteiger partial charge in [0.1, 0.15) is 10.8 Å². The van der Waals surface area contributed by atoms with Crippen molar-refractivity contribution < 1.29 is 9.84 Å². The third-order valence-electron chi connectivity index (χ3n) is 2.54. The van der Waals surface area contributed by atoms with Crippen molar-refractivity contribution >= 4 is 11.3 Å². The van der Waals surface area contributed by atoms with Crippen molar-refractivity contribution in [2.45, 2.75) is 27.4 Å². The normalized spacial score (nSPS) is 10.6. The summed E-state index contributed by atoms with van der Waals surface area (Å²) in [4.78, 5) is 0. The molecule has 2 rings (SSSR count). The molecule has 1 aromatic heterocycles. The molecule has 0 saturated carbocycles. The summed E-state index contributed by atoms with van der Waals surface area (Å²) in [6, 6.07) is 4.09. The van der Waals surface area contributed by atoms with Gasteiger partial charge in [0, 0.05) is 0 Å². The lowest BCUT2D eigenvalue weighted by Crippen LogP contribution is -1.91. The minimum atomic E-state index is -0.104. The SMILES string of the molecule is Cc1cc(C)c(C)c(Oc2nnc(CO)s2)c1. The maximum atomic E-state index is 8.91. The lowest BCUT2D eigenvalue weighted by atomic mass is 10.1. The Labute approximate surface area is 104 Å². The van der Waals surface area contributed by atoms with Gasteiger partial charge in [0.25, 0.3) is 5.19 Å². The number of hydrogen-bond donors (Lipinski definition) is 1. The number of aliphatic hydroxyl groups is 1. The van der Waals surface area contributed by atoms with Crippen LogP contribution >= 0.6 is 11.3 Å². The van der Waals surface area contributed by atoms with Crippen molar-refractivity contribution in [3.8, 4) is 10.9 Å². The van der Waals surface area contributed by atoms with E-state index in [1.54, 1.807) is 0 Å². The number of aryl methyl sites for hydroxylation is 2. The number of ether oxygens (including phenoxy) is 1. The van der Waals surface area contributed by atoms with Gasteiger partial charge in [-0.15, -0.1) is 5.10 Å². The fraction of sp³-hybridized carbons (Fsp3) is 0.333. The lowest BCUT2D eigenvalue weighted by Gasteiger charge is -2.09. The molecule has 0 aliphatic heterocycles. The average molecular weight is 250 g/mol. The van der Waals surface area contributed by atoms with Gasteiger partial charge in [0.2, 0.25) is 0 Å². The van der Waals surface area contributed by atoms with Crippen LogP contribution in [0, 0.1) is 20.8 Å². The van der Waals surface area contributed by atoms with Crippen LogP contribution in [0.5, 0.6) is 10.9 Å². The molecule has 0 spiro atoms. The van der Waals surface area contributed by atoms with Crippen molar-refractivity contribution in [3.63, 3.8) is 0 Å².